The highest BCUT2D eigenvalue weighted by Crippen LogP contribution is 2.24. The molecule has 0 spiro atoms. The van der Waals surface area contributed by atoms with Crippen LogP contribution in [0, 0.1) is 6.92 Å². The fourth-order valence-corrected chi connectivity index (χ4v) is 3.00. The number of hydrogen-bond acceptors (Lipinski definition) is 3. The van der Waals surface area contributed by atoms with Crippen LogP contribution in [-0.2, 0) is 13.0 Å². The minimum absolute atomic E-state index is 0.356. The van der Waals surface area contributed by atoms with Crippen LogP contribution in [0.25, 0.3) is 0 Å². The summed E-state index contributed by atoms with van der Waals surface area (Å²) in [5.41, 5.74) is 2.76. The normalized spacial score (nSPS) is 12.9. The molecule has 1 atom stereocenters. The van der Waals surface area contributed by atoms with E-state index in [1.54, 1.807) is 11.3 Å². The van der Waals surface area contributed by atoms with Gasteiger partial charge in [0.25, 0.3) is 0 Å². The fourth-order valence-electron chi connectivity index (χ4n) is 2.10. The van der Waals surface area contributed by atoms with Crippen molar-refractivity contribution in [3.63, 3.8) is 0 Å². The molecule has 17 heavy (non-hydrogen) atoms. The van der Waals surface area contributed by atoms with Crippen molar-refractivity contribution in [3.05, 3.63) is 40.1 Å². The third-order valence-corrected chi connectivity index (χ3v) is 4.03. The van der Waals surface area contributed by atoms with E-state index in [1.165, 1.54) is 11.1 Å². The summed E-state index contributed by atoms with van der Waals surface area (Å²) in [6.45, 7) is 5.30. The lowest BCUT2D eigenvalue weighted by Crippen LogP contribution is -2.21. The Kier molecular flexibility index (Phi) is 3.97. The van der Waals surface area contributed by atoms with Gasteiger partial charge < -0.3 is 9.88 Å². The minimum atomic E-state index is 0.356. The molecular weight excluding hydrogens is 230 g/mol. The molecule has 0 saturated carbocycles. The van der Waals surface area contributed by atoms with E-state index in [1.807, 2.05) is 19.4 Å². The molecule has 0 aliphatic carbocycles. The summed E-state index contributed by atoms with van der Waals surface area (Å²) in [5, 5.41) is 7.82. The van der Waals surface area contributed by atoms with E-state index < -0.39 is 0 Å². The first kappa shape index (κ1) is 12.3. The third kappa shape index (κ3) is 2.58. The number of nitrogens with one attached hydrogen (secondary N) is 1. The molecule has 0 aliphatic rings. The Morgan fingerprint density at radius 3 is 2.88 bits per heavy atom. The summed E-state index contributed by atoms with van der Waals surface area (Å²) in [5.74, 6) is 1.15. The number of aromatic nitrogens is 2. The maximum Gasteiger partial charge on any atom is 0.110 e. The predicted molar refractivity (Wildman–Crippen MR) is 72.5 cm³/mol. The summed E-state index contributed by atoms with van der Waals surface area (Å²) in [6.07, 6.45) is 4.86. The fraction of sp³-hybridized carbons (Fsp3) is 0.462. The average molecular weight is 249 g/mol. The molecule has 0 aliphatic heterocycles. The van der Waals surface area contributed by atoms with Gasteiger partial charge in [-0.2, -0.15) is 11.3 Å². The van der Waals surface area contributed by atoms with Crippen molar-refractivity contribution >= 4 is 11.3 Å². The predicted octanol–water partition coefficient (Wildman–Crippen LogP) is 2.78. The number of likely N-dealkylation sites (N-methyl/N-ethyl adjacent to an activating group) is 1. The average Bonchev–Trinajstić information content (AvgIpc) is 2.94. The van der Waals surface area contributed by atoms with E-state index >= 15 is 0 Å². The van der Waals surface area contributed by atoms with Crippen LogP contribution in [0.4, 0.5) is 0 Å². The van der Waals surface area contributed by atoms with Gasteiger partial charge in [-0.15, -0.1) is 0 Å². The first-order valence-corrected chi connectivity index (χ1v) is 6.90. The van der Waals surface area contributed by atoms with Crippen LogP contribution in [-0.4, -0.2) is 16.6 Å². The molecule has 0 amide bonds. The van der Waals surface area contributed by atoms with Crippen molar-refractivity contribution in [3.8, 4) is 0 Å². The van der Waals surface area contributed by atoms with E-state index in [-0.39, 0.29) is 0 Å². The van der Waals surface area contributed by atoms with Gasteiger partial charge in [-0.1, -0.05) is 0 Å². The first-order chi connectivity index (χ1) is 8.26. The number of hydrogen-bond donors (Lipinski definition) is 1. The number of nitrogens with zero attached hydrogens (tertiary/aromatic N) is 2. The zero-order valence-corrected chi connectivity index (χ0v) is 11.4. The number of imidazole rings is 1. The molecule has 2 rings (SSSR count). The van der Waals surface area contributed by atoms with Gasteiger partial charge in [0, 0.05) is 31.4 Å². The second kappa shape index (κ2) is 5.47. The van der Waals surface area contributed by atoms with Crippen molar-refractivity contribution in [1.82, 2.24) is 14.9 Å². The zero-order valence-electron chi connectivity index (χ0n) is 10.6. The van der Waals surface area contributed by atoms with Crippen molar-refractivity contribution in [2.45, 2.75) is 32.9 Å². The van der Waals surface area contributed by atoms with Gasteiger partial charge in [-0.05, 0) is 42.8 Å². The summed E-state index contributed by atoms with van der Waals surface area (Å²) >= 11 is 1.77. The molecule has 4 heteroatoms. The maximum atomic E-state index is 4.44. The lowest BCUT2D eigenvalue weighted by atomic mass is 10.0. The number of rotatable bonds is 5. The summed E-state index contributed by atoms with van der Waals surface area (Å²) in [7, 11) is 2.01. The molecule has 1 unspecified atom stereocenters. The Labute approximate surface area is 107 Å². The van der Waals surface area contributed by atoms with E-state index in [2.05, 4.69) is 39.5 Å². The molecule has 92 valence electrons. The topological polar surface area (TPSA) is 29.9 Å². The van der Waals surface area contributed by atoms with Gasteiger partial charge in [0.2, 0.25) is 0 Å². The van der Waals surface area contributed by atoms with E-state index in [0.717, 1.165) is 18.8 Å². The molecule has 2 aromatic rings. The van der Waals surface area contributed by atoms with Crippen LogP contribution in [0.5, 0.6) is 0 Å². The Bertz CT molecular complexity index is 472. The summed E-state index contributed by atoms with van der Waals surface area (Å²) < 4.78 is 2.20. The molecular formula is C13H19N3S. The Hall–Kier alpha value is -1.13. The minimum Gasteiger partial charge on any atom is -0.335 e. The van der Waals surface area contributed by atoms with Crippen molar-refractivity contribution < 1.29 is 0 Å². The molecule has 0 bridgehead atoms. The Morgan fingerprint density at radius 1 is 1.47 bits per heavy atom. The number of thiophene rings is 1. The molecule has 0 aromatic carbocycles. The summed E-state index contributed by atoms with van der Waals surface area (Å²) in [6, 6.07) is 0.356. The third-order valence-electron chi connectivity index (χ3n) is 3.15. The van der Waals surface area contributed by atoms with Gasteiger partial charge in [0.05, 0.1) is 0 Å². The lowest BCUT2D eigenvalue weighted by molar-refractivity contribution is 0.552. The van der Waals surface area contributed by atoms with Crippen LogP contribution in [0.2, 0.25) is 0 Å². The van der Waals surface area contributed by atoms with Gasteiger partial charge in [-0.3, -0.25) is 0 Å². The second-order valence-electron chi connectivity index (χ2n) is 4.19. The van der Waals surface area contributed by atoms with Crippen LogP contribution in [0.15, 0.2) is 23.2 Å². The highest BCUT2D eigenvalue weighted by Gasteiger charge is 2.15. The van der Waals surface area contributed by atoms with Gasteiger partial charge >= 0.3 is 0 Å². The van der Waals surface area contributed by atoms with E-state index in [4.69, 9.17) is 0 Å². The van der Waals surface area contributed by atoms with Crippen molar-refractivity contribution in [2.75, 3.05) is 7.05 Å². The van der Waals surface area contributed by atoms with Crippen molar-refractivity contribution in [1.29, 1.82) is 0 Å². The SMILES string of the molecule is CCn1ccnc1CC(NC)c1cscc1C. The Morgan fingerprint density at radius 2 is 2.29 bits per heavy atom. The molecule has 2 aromatic heterocycles. The quantitative estimate of drug-likeness (QED) is 0.883. The highest BCUT2D eigenvalue weighted by atomic mass is 32.1. The largest absolute Gasteiger partial charge is 0.335 e. The van der Waals surface area contributed by atoms with Crippen LogP contribution < -0.4 is 5.32 Å². The van der Waals surface area contributed by atoms with Crippen LogP contribution >= 0.6 is 11.3 Å². The number of aryl methyl sites for hydroxylation is 2. The van der Waals surface area contributed by atoms with Gasteiger partial charge in [-0.25, -0.2) is 4.98 Å². The smallest absolute Gasteiger partial charge is 0.110 e. The molecule has 1 N–H and O–H groups in total. The molecule has 0 fully saturated rings. The first-order valence-electron chi connectivity index (χ1n) is 5.96. The molecule has 2 heterocycles. The van der Waals surface area contributed by atoms with Crippen LogP contribution in [0.1, 0.15) is 29.9 Å². The van der Waals surface area contributed by atoms with Gasteiger partial charge in [0.1, 0.15) is 5.82 Å². The molecule has 0 radical (unpaired) electrons. The van der Waals surface area contributed by atoms with E-state index in [0.29, 0.717) is 6.04 Å². The monoisotopic (exact) mass is 249 g/mol. The van der Waals surface area contributed by atoms with Crippen molar-refractivity contribution in [2.24, 2.45) is 0 Å². The molecule has 0 saturated heterocycles. The summed E-state index contributed by atoms with van der Waals surface area (Å²) in [4.78, 5) is 4.44. The lowest BCUT2D eigenvalue weighted by Gasteiger charge is -2.16. The Balaban J connectivity index is 2.19. The van der Waals surface area contributed by atoms with E-state index in [9.17, 15) is 0 Å². The van der Waals surface area contributed by atoms with Crippen LogP contribution in [0.3, 0.4) is 0 Å². The maximum absolute atomic E-state index is 4.44. The second-order valence-corrected chi connectivity index (χ2v) is 4.93. The highest BCUT2D eigenvalue weighted by molar-refractivity contribution is 7.08. The van der Waals surface area contributed by atoms with Gasteiger partial charge in [0.15, 0.2) is 0 Å². The standard InChI is InChI=1S/C13H19N3S/c1-4-16-6-5-15-13(16)7-12(14-3)11-9-17-8-10(11)2/h5-6,8-9,12,14H,4,7H2,1-3H3. The zero-order chi connectivity index (χ0) is 12.3. The molecule has 3 nitrogen and oxygen atoms in total.